The Balaban J connectivity index is 1.60. The molecule has 1 heterocycles. The van der Waals surface area contributed by atoms with Crippen molar-refractivity contribution < 1.29 is 23.1 Å². The predicted molar refractivity (Wildman–Crippen MR) is 144 cm³/mol. The SMILES string of the molecule is CS(=O)(=O)c1ccc(-n2nc(C(=O)S)c3c2-c2cc(NC(=O)c4cccc(O)c4Cl)ccc2CC3)cc1. The minimum absolute atomic E-state index is 0.0483. The molecule has 4 aromatic rings. The van der Waals surface area contributed by atoms with Crippen LogP contribution >= 0.6 is 24.2 Å². The molecule has 0 saturated carbocycles. The van der Waals surface area contributed by atoms with Crippen molar-refractivity contribution in [3.05, 3.63) is 88.1 Å². The Bertz CT molecular complexity index is 1700. The molecule has 1 aliphatic rings. The monoisotopic (exact) mass is 553 g/mol. The summed E-state index contributed by atoms with van der Waals surface area (Å²) in [4.78, 5) is 25.3. The predicted octanol–water partition coefficient (Wildman–Crippen LogP) is 4.72. The number of amides is 1. The Labute approximate surface area is 223 Å². The van der Waals surface area contributed by atoms with E-state index in [2.05, 4.69) is 23.0 Å². The van der Waals surface area contributed by atoms with Crippen LogP contribution in [-0.2, 0) is 22.7 Å². The fourth-order valence-electron chi connectivity index (χ4n) is 4.40. The first kappa shape index (κ1) is 25.1. The Hall–Kier alpha value is -3.60. The molecule has 11 heteroatoms. The van der Waals surface area contributed by atoms with Crippen molar-refractivity contribution in [2.45, 2.75) is 17.7 Å². The van der Waals surface area contributed by atoms with Gasteiger partial charge in [-0.3, -0.25) is 9.59 Å². The van der Waals surface area contributed by atoms with Crippen LogP contribution in [0.2, 0.25) is 5.02 Å². The lowest BCUT2D eigenvalue weighted by Crippen LogP contribution is -2.14. The number of aromatic hydroxyl groups is 1. The maximum absolute atomic E-state index is 12.9. The molecular formula is C26H20ClN3O5S2. The molecule has 8 nitrogen and oxygen atoms in total. The smallest absolute Gasteiger partial charge is 0.257 e. The summed E-state index contributed by atoms with van der Waals surface area (Å²) in [5.74, 6) is -0.688. The normalized spacial score (nSPS) is 12.5. The molecule has 0 fully saturated rings. The number of aryl methyl sites for hydroxylation is 1. The molecule has 3 aromatic carbocycles. The lowest BCUT2D eigenvalue weighted by atomic mass is 9.88. The van der Waals surface area contributed by atoms with Crippen LogP contribution in [0.15, 0.2) is 65.6 Å². The van der Waals surface area contributed by atoms with Gasteiger partial charge in [0.1, 0.15) is 11.4 Å². The molecule has 1 aliphatic carbocycles. The number of sulfone groups is 1. The number of rotatable bonds is 5. The van der Waals surface area contributed by atoms with Crippen LogP contribution in [0, 0.1) is 0 Å². The number of anilines is 1. The maximum Gasteiger partial charge on any atom is 0.257 e. The second-order valence-electron chi connectivity index (χ2n) is 8.62. The standard InChI is InChI=1S/C26H20ClN3O5S2/c1-37(34,35)17-10-8-16(9-11-17)30-24-19(23(29-30)26(33)36)12-6-14-5-7-15(13-20(14)24)28-25(32)18-3-2-4-21(31)22(18)27/h2-5,7-11,13,31H,6,12H2,1H3,(H,28,32)(H,33,36). The van der Waals surface area contributed by atoms with Crippen LogP contribution < -0.4 is 5.32 Å². The van der Waals surface area contributed by atoms with Crippen LogP contribution in [0.25, 0.3) is 16.9 Å². The van der Waals surface area contributed by atoms with Crippen molar-refractivity contribution in [1.82, 2.24) is 9.78 Å². The zero-order chi connectivity index (χ0) is 26.5. The van der Waals surface area contributed by atoms with E-state index in [-0.39, 0.29) is 26.9 Å². The summed E-state index contributed by atoms with van der Waals surface area (Å²) in [6.07, 6.45) is 2.35. The summed E-state index contributed by atoms with van der Waals surface area (Å²) in [7, 11) is -3.38. The minimum atomic E-state index is -3.38. The van der Waals surface area contributed by atoms with Gasteiger partial charge in [-0.15, -0.1) is 0 Å². The van der Waals surface area contributed by atoms with E-state index >= 15 is 0 Å². The van der Waals surface area contributed by atoms with Gasteiger partial charge in [0.25, 0.3) is 5.91 Å². The molecule has 0 atom stereocenters. The first-order valence-corrected chi connectivity index (χ1v) is 13.8. The second-order valence-corrected chi connectivity index (χ2v) is 11.4. The van der Waals surface area contributed by atoms with Crippen molar-refractivity contribution in [2.75, 3.05) is 11.6 Å². The molecule has 0 radical (unpaired) electrons. The van der Waals surface area contributed by atoms with E-state index in [0.29, 0.717) is 29.9 Å². The summed E-state index contributed by atoms with van der Waals surface area (Å²) >= 11 is 10.1. The molecule has 0 aliphatic heterocycles. The van der Waals surface area contributed by atoms with Gasteiger partial charge in [-0.2, -0.15) is 5.10 Å². The largest absolute Gasteiger partial charge is 0.506 e. The number of carbonyl (C=O) groups excluding carboxylic acids is 2. The average molecular weight is 554 g/mol. The highest BCUT2D eigenvalue weighted by Crippen LogP contribution is 2.39. The summed E-state index contributed by atoms with van der Waals surface area (Å²) < 4.78 is 25.4. The van der Waals surface area contributed by atoms with Crippen molar-refractivity contribution in [3.63, 3.8) is 0 Å². The molecule has 188 valence electrons. The summed E-state index contributed by atoms with van der Waals surface area (Å²) in [6, 6.07) is 16.1. The van der Waals surface area contributed by atoms with Gasteiger partial charge in [-0.05, 0) is 66.9 Å². The van der Waals surface area contributed by atoms with Gasteiger partial charge >= 0.3 is 0 Å². The number of benzene rings is 3. The molecule has 0 unspecified atom stereocenters. The molecule has 0 spiro atoms. The van der Waals surface area contributed by atoms with E-state index in [1.54, 1.807) is 28.9 Å². The molecule has 0 bridgehead atoms. The second kappa shape index (κ2) is 9.37. The number of phenols is 1. The van der Waals surface area contributed by atoms with Crippen molar-refractivity contribution >= 4 is 50.8 Å². The number of hydrogen-bond acceptors (Lipinski definition) is 6. The van der Waals surface area contributed by atoms with E-state index < -0.39 is 20.9 Å². The van der Waals surface area contributed by atoms with E-state index in [9.17, 15) is 23.1 Å². The van der Waals surface area contributed by atoms with E-state index in [0.717, 1.165) is 22.9 Å². The number of aromatic nitrogens is 2. The third-order valence-corrected chi connectivity index (χ3v) is 7.92. The van der Waals surface area contributed by atoms with Crippen LogP contribution in [0.1, 0.15) is 32.0 Å². The number of hydrogen-bond donors (Lipinski definition) is 3. The first-order chi connectivity index (χ1) is 17.5. The topological polar surface area (TPSA) is 118 Å². The van der Waals surface area contributed by atoms with Crippen molar-refractivity contribution in [2.24, 2.45) is 0 Å². The molecule has 1 aromatic heterocycles. The molecule has 5 rings (SSSR count). The molecule has 37 heavy (non-hydrogen) atoms. The lowest BCUT2D eigenvalue weighted by molar-refractivity contribution is 0.102. The third-order valence-electron chi connectivity index (χ3n) is 6.19. The van der Waals surface area contributed by atoms with Gasteiger partial charge in [0, 0.05) is 23.1 Å². The Morgan fingerprint density at radius 3 is 2.49 bits per heavy atom. The van der Waals surface area contributed by atoms with E-state index in [4.69, 9.17) is 11.6 Å². The molecular weight excluding hydrogens is 534 g/mol. The lowest BCUT2D eigenvalue weighted by Gasteiger charge is -2.20. The van der Waals surface area contributed by atoms with Crippen LogP contribution in [-0.4, -0.2) is 40.6 Å². The van der Waals surface area contributed by atoms with Gasteiger partial charge in [0.2, 0.25) is 5.12 Å². The van der Waals surface area contributed by atoms with Crippen LogP contribution in [0.5, 0.6) is 5.75 Å². The van der Waals surface area contributed by atoms with Crippen LogP contribution in [0.4, 0.5) is 5.69 Å². The molecule has 2 N–H and O–H groups in total. The van der Waals surface area contributed by atoms with Gasteiger partial charge in [-0.25, -0.2) is 13.1 Å². The van der Waals surface area contributed by atoms with Crippen LogP contribution in [0.3, 0.4) is 0 Å². The Morgan fingerprint density at radius 1 is 1.08 bits per heavy atom. The van der Waals surface area contributed by atoms with Gasteiger partial charge in [0.15, 0.2) is 9.84 Å². The van der Waals surface area contributed by atoms with E-state index in [1.165, 1.54) is 30.3 Å². The fraction of sp³-hybridized carbons (Fsp3) is 0.115. The fourth-order valence-corrected chi connectivity index (χ4v) is 5.42. The number of nitrogens with zero attached hydrogens (tertiary/aromatic N) is 2. The zero-order valence-electron chi connectivity index (χ0n) is 19.4. The van der Waals surface area contributed by atoms with Gasteiger partial charge in [-0.1, -0.05) is 36.4 Å². The number of carbonyl (C=O) groups is 2. The molecule has 0 saturated heterocycles. The Kier molecular flexibility index (Phi) is 6.35. The van der Waals surface area contributed by atoms with Crippen molar-refractivity contribution in [3.8, 4) is 22.7 Å². The highest BCUT2D eigenvalue weighted by molar-refractivity contribution is 7.97. The maximum atomic E-state index is 12.9. The van der Waals surface area contributed by atoms with Crippen molar-refractivity contribution in [1.29, 1.82) is 0 Å². The zero-order valence-corrected chi connectivity index (χ0v) is 21.9. The average Bonchev–Trinajstić information content (AvgIpc) is 3.26. The summed E-state index contributed by atoms with van der Waals surface area (Å²) in [6.45, 7) is 0. The van der Waals surface area contributed by atoms with E-state index in [1.807, 2.05) is 6.07 Å². The number of fused-ring (bicyclic) bond motifs is 3. The highest BCUT2D eigenvalue weighted by Gasteiger charge is 2.28. The minimum Gasteiger partial charge on any atom is -0.506 e. The highest BCUT2D eigenvalue weighted by atomic mass is 35.5. The quantitative estimate of drug-likeness (QED) is 0.308. The Morgan fingerprint density at radius 2 is 1.81 bits per heavy atom. The summed E-state index contributed by atoms with van der Waals surface area (Å²) in [5, 5.41) is 16.6. The number of nitrogens with one attached hydrogen (secondary N) is 1. The summed E-state index contributed by atoms with van der Waals surface area (Å²) in [5.41, 5.74) is 4.54. The van der Waals surface area contributed by atoms with Gasteiger partial charge < -0.3 is 10.4 Å². The molecule has 1 amide bonds. The number of thiol groups is 1. The number of phenolic OH excluding ortho intramolecular Hbond substituents is 1. The van der Waals surface area contributed by atoms with Gasteiger partial charge in [0.05, 0.1) is 26.9 Å². The first-order valence-electron chi connectivity index (χ1n) is 11.1. The third kappa shape index (κ3) is 4.63. The number of halogens is 1.